The summed E-state index contributed by atoms with van der Waals surface area (Å²) in [6.45, 7) is 10.3. The fourth-order valence-corrected chi connectivity index (χ4v) is 1.50. The van der Waals surface area contributed by atoms with Crippen molar-refractivity contribution in [3.63, 3.8) is 0 Å². The SMILES string of the molecule is CC(C)=CC(=O)CC(N)CC(C)(C)C. The fraction of sp³-hybridized carbons (Fsp3) is 0.750. The Hall–Kier alpha value is -0.630. The molecule has 14 heavy (non-hydrogen) atoms. The first-order valence-electron chi connectivity index (χ1n) is 5.14. The topological polar surface area (TPSA) is 43.1 Å². The van der Waals surface area contributed by atoms with Gasteiger partial charge in [0.2, 0.25) is 0 Å². The maximum absolute atomic E-state index is 11.4. The predicted octanol–water partition coefficient (Wildman–Crippen LogP) is 2.68. The average Bonchev–Trinajstić information content (AvgIpc) is 1.77. The Balaban J connectivity index is 4.02. The molecule has 0 radical (unpaired) electrons. The minimum absolute atomic E-state index is 0.0156. The van der Waals surface area contributed by atoms with Gasteiger partial charge in [0.1, 0.15) is 0 Å². The van der Waals surface area contributed by atoms with Crippen LogP contribution in [0.5, 0.6) is 0 Å². The molecule has 0 aliphatic carbocycles. The van der Waals surface area contributed by atoms with E-state index in [4.69, 9.17) is 5.73 Å². The Labute approximate surface area is 87.6 Å². The van der Waals surface area contributed by atoms with Crippen LogP contribution in [-0.2, 0) is 4.79 Å². The van der Waals surface area contributed by atoms with Crippen LogP contribution in [0.25, 0.3) is 0 Å². The molecule has 2 N–H and O–H groups in total. The number of carbonyl (C=O) groups excluding carboxylic acids is 1. The summed E-state index contributed by atoms with van der Waals surface area (Å²) in [6, 6.07) is -0.0156. The molecule has 0 aliphatic heterocycles. The molecule has 0 rings (SSSR count). The molecule has 0 aromatic rings. The van der Waals surface area contributed by atoms with E-state index < -0.39 is 0 Å². The Kier molecular flexibility index (Phi) is 5.06. The summed E-state index contributed by atoms with van der Waals surface area (Å²) in [5.74, 6) is 0.141. The van der Waals surface area contributed by atoms with Crippen LogP contribution >= 0.6 is 0 Å². The van der Waals surface area contributed by atoms with Crippen molar-refractivity contribution in [1.82, 2.24) is 0 Å². The Bertz CT molecular complexity index is 219. The van der Waals surface area contributed by atoms with Gasteiger partial charge in [-0.1, -0.05) is 26.3 Å². The molecule has 2 heteroatoms. The van der Waals surface area contributed by atoms with Crippen LogP contribution in [0.2, 0.25) is 0 Å². The van der Waals surface area contributed by atoms with Crippen LogP contribution in [0, 0.1) is 5.41 Å². The summed E-state index contributed by atoms with van der Waals surface area (Å²) >= 11 is 0. The van der Waals surface area contributed by atoms with Crippen molar-refractivity contribution < 1.29 is 4.79 Å². The molecular weight excluding hydrogens is 174 g/mol. The quantitative estimate of drug-likeness (QED) is 0.704. The minimum atomic E-state index is -0.0156. The maximum Gasteiger partial charge on any atom is 0.157 e. The highest BCUT2D eigenvalue weighted by Crippen LogP contribution is 2.21. The maximum atomic E-state index is 11.4. The van der Waals surface area contributed by atoms with E-state index in [-0.39, 0.29) is 17.2 Å². The van der Waals surface area contributed by atoms with Crippen molar-refractivity contribution in [3.05, 3.63) is 11.6 Å². The minimum Gasteiger partial charge on any atom is -0.327 e. The summed E-state index contributed by atoms with van der Waals surface area (Å²) < 4.78 is 0. The van der Waals surface area contributed by atoms with Gasteiger partial charge in [0, 0.05) is 12.5 Å². The fourth-order valence-electron chi connectivity index (χ4n) is 1.50. The predicted molar refractivity (Wildman–Crippen MR) is 61.1 cm³/mol. The van der Waals surface area contributed by atoms with E-state index in [1.54, 1.807) is 6.08 Å². The Morgan fingerprint density at radius 2 is 1.86 bits per heavy atom. The van der Waals surface area contributed by atoms with Crippen molar-refractivity contribution in [2.75, 3.05) is 0 Å². The lowest BCUT2D eigenvalue weighted by Gasteiger charge is -2.22. The van der Waals surface area contributed by atoms with Crippen LogP contribution in [-0.4, -0.2) is 11.8 Å². The van der Waals surface area contributed by atoms with Crippen LogP contribution in [0.3, 0.4) is 0 Å². The van der Waals surface area contributed by atoms with Crippen LogP contribution in [0.1, 0.15) is 47.5 Å². The number of carbonyl (C=O) groups is 1. The lowest BCUT2D eigenvalue weighted by Crippen LogP contribution is -2.28. The van der Waals surface area contributed by atoms with E-state index in [1.165, 1.54) is 0 Å². The van der Waals surface area contributed by atoms with Gasteiger partial charge in [0.05, 0.1) is 0 Å². The van der Waals surface area contributed by atoms with Gasteiger partial charge in [0.15, 0.2) is 5.78 Å². The molecule has 0 heterocycles. The Morgan fingerprint density at radius 1 is 1.36 bits per heavy atom. The zero-order valence-electron chi connectivity index (χ0n) is 10.1. The third kappa shape index (κ3) is 7.99. The largest absolute Gasteiger partial charge is 0.327 e. The first-order valence-corrected chi connectivity index (χ1v) is 5.14. The first-order chi connectivity index (χ1) is 6.20. The van der Waals surface area contributed by atoms with Crippen molar-refractivity contribution in [2.24, 2.45) is 11.1 Å². The second kappa shape index (κ2) is 5.30. The van der Waals surface area contributed by atoms with Gasteiger partial charge in [-0.05, 0) is 31.8 Å². The molecule has 0 aliphatic rings. The van der Waals surface area contributed by atoms with Crippen molar-refractivity contribution >= 4 is 5.78 Å². The summed E-state index contributed by atoms with van der Waals surface area (Å²) in [5.41, 5.74) is 7.13. The standard InChI is InChI=1S/C12H23NO/c1-9(2)6-11(14)7-10(13)8-12(3,4)5/h6,10H,7-8,13H2,1-5H3. The molecule has 1 unspecified atom stereocenters. The molecular formula is C12H23NO. The van der Waals surface area contributed by atoms with E-state index in [0.29, 0.717) is 6.42 Å². The highest BCUT2D eigenvalue weighted by atomic mass is 16.1. The smallest absolute Gasteiger partial charge is 0.157 e. The van der Waals surface area contributed by atoms with Crippen LogP contribution in [0.15, 0.2) is 11.6 Å². The van der Waals surface area contributed by atoms with Crippen LogP contribution < -0.4 is 5.73 Å². The molecule has 2 nitrogen and oxygen atoms in total. The van der Waals surface area contributed by atoms with E-state index in [9.17, 15) is 4.79 Å². The number of hydrogen-bond donors (Lipinski definition) is 1. The molecule has 0 spiro atoms. The highest BCUT2D eigenvalue weighted by Gasteiger charge is 2.17. The molecule has 0 amide bonds. The molecule has 0 aromatic heterocycles. The zero-order valence-corrected chi connectivity index (χ0v) is 10.1. The normalized spacial score (nSPS) is 13.6. The number of ketones is 1. The molecule has 0 aromatic carbocycles. The highest BCUT2D eigenvalue weighted by molar-refractivity contribution is 5.90. The van der Waals surface area contributed by atoms with Crippen molar-refractivity contribution in [2.45, 2.75) is 53.5 Å². The third-order valence-electron chi connectivity index (χ3n) is 1.79. The van der Waals surface area contributed by atoms with Crippen molar-refractivity contribution in [3.8, 4) is 0 Å². The zero-order chi connectivity index (χ0) is 11.4. The van der Waals surface area contributed by atoms with Gasteiger partial charge in [0.25, 0.3) is 0 Å². The van der Waals surface area contributed by atoms with Crippen LogP contribution in [0.4, 0.5) is 0 Å². The lowest BCUT2D eigenvalue weighted by molar-refractivity contribution is -0.115. The van der Waals surface area contributed by atoms with Gasteiger partial charge in [-0.3, -0.25) is 4.79 Å². The second-order valence-electron chi connectivity index (χ2n) is 5.42. The van der Waals surface area contributed by atoms with Gasteiger partial charge < -0.3 is 5.73 Å². The molecule has 0 bridgehead atoms. The van der Waals surface area contributed by atoms with Gasteiger partial charge in [-0.25, -0.2) is 0 Å². The van der Waals surface area contributed by atoms with E-state index in [2.05, 4.69) is 20.8 Å². The molecule has 82 valence electrons. The molecule has 0 saturated heterocycles. The second-order valence-corrected chi connectivity index (χ2v) is 5.42. The van der Waals surface area contributed by atoms with Gasteiger partial charge in [-0.2, -0.15) is 0 Å². The number of rotatable bonds is 4. The van der Waals surface area contributed by atoms with E-state index in [0.717, 1.165) is 12.0 Å². The number of allylic oxidation sites excluding steroid dienone is 2. The average molecular weight is 197 g/mol. The lowest BCUT2D eigenvalue weighted by atomic mass is 9.87. The third-order valence-corrected chi connectivity index (χ3v) is 1.79. The number of hydrogen-bond acceptors (Lipinski definition) is 2. The molecule has 0 fully saturated rings. The summed E-state index contributed by atoms with van der Waals surface area (Å²) in [6.07, 6.45) is 3.01. The molecule has 1 atom stereocenters. The monoisotopic (exact) mass is 197 g/mol. The first kappa shape index (κ1) is 13.4. The summed E-state index contributed by atoms with van der Waals surface area (Å²) in [4.78, 5) is 11.4. The van der Waals surface area contributed by atoms with Gasteiger partial charge >= 0.3 is 0 Å². The van der Waals surface area contributed by atoms with E-state index >= 15 is 0 Å². The van der Waals surface area contributed by atoms with Gasteiger partial charge in [-0.15, -0.1) is 0 Å². The summed E-state index contributed by atoms with van der Waals surface area (Å²) in [5, 5.41) is 0. The number of nitrogens with two attached hydrogens (primary N) is 1. The molecule has 0 saturated carbocycles. The Morgan fingerprint density at radius 3 is 2.21 bits per heavy atom. The summed E-state index contributed by atoms with van der Waals surface area (Å²) in [7, 11) is 0. The van der Waals surface area contributed by atoms with Crippen molar-refractivity contribution in [1.29, 1.82) is 0 Å². The van der Waals surface area contributed by atoms with E-state index in [1.807, 2.05) is 13.8 Å².